The van der Waals surface area contributed by atoms with Gasteiger partial charge in [0.15, 0.2) is 0 Å². The molecule has 5 rings (SSSR count). The lowest BCUT2D eigenvalue weighted by Crippen LogP contribution is -2.63. The van der Waals surface area contributed by atoms with Gasteiger partial charge in [-0.3, -0.25) is 71.9 Å². The number of hydrogen-bond donors (Lipinski definition) is 23. The summed E-state index contributed by atoms with van der Waals surface area (Å²) in [6.45, 7) is 11.3. The minimum atomic E-state index is -1.98. The van der Waals surface area contributed by atoms with Crippen LogP contribution in [-0.2, 0) is 102 Å². The number of imidazole rings is 1. The van der Waals surface area contributed by atoms with Crippen LogP contribution in [0.5, 0.6) is 5.75 Å². The van der Waals surface area contributed by atoms with Crippen molar-refractivity contribution >= 4 is 105 Å². The van der Waals surface area contributed by atoms with Crippen LogP contribution in [0.3, 0.4) is 0 Å². The summed E-state index contributed by atoms with van der Waals surface area (Å²) in [4.78, 5) is 232. The first kappa shape index (κ1) is 111. The molecule has 0 saturated heterocycles. The topological polar surface area (TPSA) is 639 Å². The summed E-state index contributed by atoms with van der Waals surface area (Å²) in [6.07, 6.45) is 15.4. The van der Waals surface area contributed by atoms with E-state index in [1.54, 1.807) is 60.8 Å². The number of para-hydroxylation sites is 1. The number of aromatic hydroxyl groups is 1. The molecule has 0 aliphatic carbocycles. The lowest BCUT2D eigenvalue weighted by molar-refractivity contribution is -0.142. The first-order valence-corrected chi connectivity index (χ1v) is 46.1. The van der Waals surface area contributed by atoms with Crippen LogP contribution in [0.25, 0.3) is 10.9 Å². The van der Waals surface area contributed by atoms with E-state index in [0.717, 1.165) is 39.5 Å². The largest absolute Gasteiger partial charge is 0.508 e. The number of benzene rings is 3. The number of aromatic amines is 2. The summed E-state index contributed by atoms with van der Waals surface area (Å²) >= 11 is 0. The number of nitrogens with one attached hydrogen (secondary N) is 16. The molecular weight excluding hydrogens is 1720 g/mol. The summed E-state index contributed by atoms with van der Waals surface area (Å²) < 4.78 is 0. The van der Waals surface area contributed by atoms with Gasteiger partial charge < -0.3 is 121 Å². The quantitative estimate of drug-likeness (QED) is 0.0244. The molecule has 15 amide bonds. The maximum atomic E-state index is 15.0. The number of unbranched alkanes of at least 4 members (excludes halogenated alkanes) is 14. The molecule has 25 N–H and O–H groups in total. The number of carboxylic acid groups (broad SMARTS) is 1. The summed E-state index contributed by atoms with van der Waals surface area (Å²) in [5.41, 5.74) is 13.3. The molecule has 0 radical (unpaired) electrons. The molecule has 0 saturated carbocycles. The normalized spacial score (nSPS) is 14.7. The van der Waals surface area contributed by atoms with Crippen LogP contribution in [0.2, 0.25) is 0 Å². The number of fused-ring (bicyclic) bond motifs is 1. The number of carboxylic acids is 1. The number of rotatable bonds is 65. The summed E-state index contributed by atoms with van der Waals surface area (Å²) in [5, 5.41) is 89.6. The number of hydrogen-bond acceptors (Lipinski definition) is 22. The highest BCUT2D eigenvalue weighted by Crippen LogP contribution is 2.22. The van der Waals surface area contributed by atoms with Crippen LogP contribution in [0, 0.1) is 5.92 Å². The Bertz CT molecular complexity index is 4530. The Hall–Kier alpha value is -12.4. The van der Waals surface area contributed by atoms with E-state index in [-0.39, 0.29) is 81.3 Å². The molecule has 0 aliphatic heterocycles. The summed E-state index contributed by atoms with van der Waals surface area (Å²) in [6, 6.07) is -0.168. The number of phenolic OH excluding ortho intramolecular Hbond substituents is 1. The minimum absolute atomic E-state index is 0.000479. The van der Waals surface area contributed by atoms with E-state index < -0.39 is 205 Å². The van der Waals surface area contributed by atoms with E-state index >= 15 is 0 Å². The molecule has 0 unspecified atom stereocenters. The van der Waals surface area contributed by atoms with E-state index in [2.05, 4.69) is 96.3 Å². The van der Waals surface area contributed by atoms with Gasteiger partial charge in [-0.25, -0.2) is 9.78 Å². The van der Waals surface area contributed by atoms with E-state index in [9.17, 15) is 102 Å². The first-order valence-electron chi connectivity index (χ1n) is 46.1. The smallest absolute Gasteiger partial charge is 0.326 e. The highest BCUT2D eigenvalue weighted by atomic mass is 16.4. The van der Waals surface area contributed by atoms with Crippen LogP contribution in [-0.4, -0.2) is 246 Å². The fraction of sp³-hybridized carbons (Fsp3) is 0.581. The van der Waals surface area contributed by atoms with Gasteiger partial charge in [0.05, 0.1) is 30.8 Å². The number of aliphatic hydroxyl groups is 3. The molecule has 5 aromatic rings. The fourth-order valence-electron chi connectivity index (χ4n) is 14.8. The van der Waals surface area contributed by atoms with Gasteiger partial charge in [0.2, 0.25) is 88.6 Å². The van der Waals surface area contributed by atoms with Crippen molar-refractivity contribution in [3.8, 4) is 5.75 Å². The first-order chi connectivity index (χ1) is 63.4. The van der Waals surface area contributed by atoms with Gasteiger partial charge in [-0.15, -0.1) is 0 Å². The fourth-order valence-corrected chi connectivity index (χ4v) is 14.8. The Balaban J connectivity index is 1.31. The maximum Gasteiger partial charge on any atom is 0.326 e. The molecule has 0 spiro atoms. The average molecular weight is 1860 g/mol. The predicted octanol–water partition coefficient (Wildman–Crippen LogP) is 1.28. The number of aliphatic carboxylic acids is 1. The minimum Gasteiger partial charge on any atom is -0.508 e. The lowest BCUT2D eigenvalue weighted by Gasteiger charge is -2.29. The molecule has 15 atom stereocenters. The molecule has 0 aliphatic rings. The number of phenols is 1. The number of amides is 15. The summed E-state index contributed by atoms with van der Waals surface area (Å²) in [5.74, 6) is -15.5. The Morgan fingerprint density at radius 3 is 1.38 bits per heavy atom. The molecule has 3 aromatic carbocycles. The number of nitrogens with zero attached hydrogens (tertiary/aromatic N) is 1. The highest BCUT2D eigenvalue weighted by molar-refractivity contribution is 6.01. The lowest BCUT2D eigenvalue weighted by atomic mass is 10.0. The number of carbonyl (C=O) groups is 16. The van der Waals surface area contributed by atoms with Crippen molar-refractivity contribution in [3.63, 3.8) is 0 Å². The zero-order chi connectivity index (χ0) is 98.1. The van der Waals surface area contributed by atoms with Gasteiger partial charge in [0.1, 0.15) is 84.3 Å². The van der Waals surface area contributed by atoms with Gasteiger partial charge >= 0.3 is 5.97 Å². The van der Waals surface area contributed by atoms with Crippen LogP contribution in [0.15, 0.2) is 97.6 Å². The molecular formula is C93H141N19O21. The molecule has 2 heterocycles. The van der Waals surface area contributed by atoms with Gasteiger partial charge in [-0.2, -0.15) is 0 Å². The Labute approximate surface area is 775 Å². The second-order valence-electron chi connectivity index (χ2n) is 34.3. The number of H-pyrrole nitrogens is 2. The second-order valence-corrected chi connectivity index (χ2v) is 34.3. The van der Waals surface area contributed by atoms with Crippen molar-refractivity contribution in [2.24, 2.45) is 17.4 Å². The molecule has 133 heavy (non-hydrogen) atoms. The van der Waals surface area contributed by atoms with Crippen LogP contribution >= 0.6 is 0 Å². The van der Waals surface area contributed by atoms with Crippen LogP contribution < -0.4 is 85.9 Å². The van der Waals surface area contributed by atoms with Gasteiger partial charge in [0.25, 0.3) is 0 Å². The summed E-state index contributed by atoms with van der Waals surface area (Å²) in [7, 11) is 0. The molecule has 0 fully saturated rings. The van der Waals surface area contributed by atoms with Crippen molar-refractivity contribution in [2.75, 3.05) is 19.7 Å². The number of aromatic nitrogens is 3. The van der Waals surface area contributed by atoms with E-state index in [4.69, 9.17) is 11.5 Å². The Morgan fingerprint density at radius 1 is 0.421 bits per heavy atom. The Kier molecular flexibility index (Phi) is 50.0. The van der Waals surface area contributed by atoms with Crippen molar-refractivity contribution < 1.29 is 102 Å². The molecule has 40 heteroatoms. The highest BCUT2D eigenvalue weighted by Gasteiger charge is 2.39. The van der Waals surface area contributed by atoms with Crippen LogP contribution in [0.4, 0.5) is 0 Å². The average Bonchev–Trinajstić information content (AvgIpc) is 1.69. The third kappa shape index (κ3) is 41.5. The van der Waals surface area contributed by atoms with Crippen molar-refractivity contribution in [1.82, 2.24) is 89.4 Å². The van der Waals surface area contributed by atoms with E-state index in [1.165, 1.54) is 115 Å². The predicted molar refractivity (Wildman–Crippen MR) is 494 cm³/mol. The van der Waals surface area contributed by atoms with Crippen molar-refractivity contribution in [1.29, 1.82) is 0 Å². The SMILES string of the molecule is CCCCCCCCCCCCCCCC(=O)NCCCC[C@@H](NC(=O)[C@@H](CCC(N)=O)NC(=O)[C@@H](Cc1ccc(O)cc1)NC(=O)[C@H](NC(=O)[C@@H](C)NC(=O)[C@@H](Cc1c[nH]c2ccccc12)NC(=O)[C@@H](Cc1c[nH]cn1)NC(=O)[C@H](NC(=O)[C@@H](CO)NC(=O)[C@@H](Cc1ccccc1)NC(=O)[C@@H](CCCCN)NC(=O)[C@@H](C)NC(=O)[C@@H](CC(C)C)NC(C)=O)[C@@H](C)O)[C@@H](C)O)C(=O)O. The van der Waals surface area contributed by atoms with E-state index in [0.29, 0.717) is 53.3 Å². The number of carbonyl (C=O) groups excluding carboxylic acids is 15. The zero-order valence-electron chi connectivity index (χ0n) is 77.6. The number of nitrogens with two attached hydrogens (primary N) is 2. The number of aliphatic hydroxyl groups excluding tert-OH is 3. The Morgan fingerprint density at radius 2 is 0.857 bits per heavy atom. The monoisotopic (exact) mass is 1860 g/mol. The second kappa shape index (κ2) is 59.9. The van der Waals surface area contributed by atoms with Gasteiger partial charge in [0, 0.05) is 75.3 Å². The maximum absolute atomic E-state index is 15.0. The van der Waals surface area contributed by atoms with Gasteiger partial charge in [-0.05, 0) is 133 Å². The zero-order valence-corrected chi connectivity index (χ0v) is 77.6. The molecule has 734 valence electrons. The van der Waals surface area contributed by atoms with Crippen LogP contribution in [0.1, 0.15) is 225 Å². The van der Waals surface area contributed by atoms with Crippen molar-refractivity contribution in [2.45, 2.75) is 320 Å². The van der Waals surface area contributed by atoms with E-state index in [1.807, 2.05) is 13.8 Å². The third-order valence-electron chi connectivity index (χ3n) is 22.4. The third-order valence-corrected chi connectivity index (χ3v) is 22.4. The van der Waals surface area contributed by atoms with Gasteiger partial charge in [-0.1, -0.05) is 158 Å². The number of primary amides is 1. The molecule has 0 bridgehead atoms. The molecule has 2 aromatic heterocycles. The standard InChI is InChI=1S/C93H141N19O21/c1-9-10-11-12-13-14-15-16-17-18-19-20-24-37-78(119)97-45-30-28-36-70(93(132)133)105-84(123)69(42-43-77(95)118)104-87(126)73(48-62-38-40-65(117)41-39-62)108-91(130)79(58(6)114)111-82(121)57(5)101-86(125)74(49-63-51-98-67-34-26-25-33-66(63)67)107-89(128)75(50-64-52-96-54-99-64)109-92(131)80(59(7)115)112-90(129)76(53-113)110-88(127)72(47-61-31-22-21-23-32-61)106-83(122)68(35-27-29-44-94)103-81(120)56(4)100-85(124)71(46-55(2)3)102-60(8)116/h21-23,25-26,31-34,38-41,51-52,54-59,68-76,79-80,98,113-115,117H,9-20,24,27-30,35-37,42-50,53,94H2,1-8H3,(H2,95,118)(H,96,99)(H,97,119)(H,100,124)(H,101,125)(H,102,116)(H,103,120)(H,104,126)(H,105,123)(H,106,122)(H,107,128)(H,108,130)(H,109,131)(H,110,127)(H,111,121)(H,112,129)(H,132,133)/t56-,57-,58-,59-,68-,69-,70-,71-,72-,73-,74-,75-,76-,79-,80-/m1/s1. The van der Waals surface area contributed by atoms with Crippen molar-refractivity contribution in [3.05, 3.63) is 120 Å². The molecule has 40 nitrogen and oxygen atoms in total.